The molecule has 50 heavy (non-hydrogen) atoms. The zero-order valence-electron chi connectivity index (χ0n) is 29.0. The van der Waals surface area contributed by atoms with Gasteiger partial charge in [0.05, 0.1) is 30.5 Å². The Labute approximate surface area is 294 Å². The van der Waals surface area contributed by atoms with E-state index in [1.54, 1.807) is 14.2 Å². The number of likely N-dealkylation sites (N-methyl/N-ethyl adjacent to an activating group) is 1. The molecule has 0 spiro atoms. The minimum absolute atomic E-state index is 0.0153. The maximum atomic E-state index is 13.5. The lowest BCUT2D eigenvalue weighted by atomic mass is 9.71. The zero-order valence-corrected chi connectivity index (χ0v) is 29.8. The first kappa shape index (κ1) is 34.2. The number of nitrogens with one attached hydrogen (secondary N) is 1. The Morgan fingerprint density at radius 1 is 1.08 bits per heavy atom. The van der Waals surface area contributed by atoms with Crippen molar-refractivity contribution in [2.45, 2.75) is 75.6 Å². The molecule has 5 aliphatic heterocycles. The molecule has 15 heteroatoms. The largest absolute Gasteiger partial charge is 0.493 e. The summed E-state index contributed by atoms with van der Waals surface area (Å²) in [6.07, 6.45) is 0.546. The maximum absolute atomic E-state index is 13.5. The molecule has 0 aromatic heterocycles. The Kier molecular flexibility index (Phi) is 9.00. The van der Waals surface area contributed by atoms with Gasteiger partial charge in [0.2, 0.25) is 12.7 Å². The van der Waals surface area contributed by atoms with Crippen LogP contribution in [-0.4, -0.2) is 99.0 Å². The van der Waals surface area contributed by atoms with Gasteiger partial charge in [-0.1, -0.05) is 6.07 Å². The number of nitriles is 1. The maximum Gasteiger partial charge on any atom is 0.329 e. The Morgan fingerprint density at radius 2 is 1.84 bits per heavy atom. The van der Waals surface area contributed by atoms with E-state index in [1.807, 2.05) is 20.9 Å². The number of methoxy groups -OCH3 is 2. The number of thioether (sulfide) groups is 1. The summed E-state index contributed by atoms with van der Waals surface area (Å²) in [5.74, 6) is 1.06. The summed E-state index contributed by atoms with van der Waals surface area (Å²) < 4.78 is 41.8. The van der Waals surface area contributed by atoms with E-state index in [4.69, 9.17) is 33.2 Å². The number of carbonyl (C=O) groups is 3. The van der Waals surface area contributed by atoms with Crippen molar-refractivity contribution in [2.24, 2.45) is 0 Å². The lowest BCUT2D eigenvalue weighted by Crippen LogP contribution is -2.69. The van der Waals surface area contributed by atoms with Gasteiger partial charge in [-0.05, 0) is 38.4 Å². The van der Waals surface area contributed by atoms with Crippen molar-refractivity contribution in [1.29, 1.82) is 5.26 Å². The minimum Gasteiger partial charge on any atom is -0.493 e. The number of hydrogen-bond donors (Lipinski definition) is 1. The molecule has 0 saturated carbocycles. The van der Waals surface area contributed by atoms with Crippen LogP contribution in [0, 0.1) is 25.2 Å². The van der Waals surface area contributed by atoms with Gasteiger partial charge in [0.25, 0.3) is 0 Å². The lowest BCUT2D eigenvalue weighted by molar-refractivity contribution is -0.152. The average Bonchev–Trinajstić information content (AvgIpc) is 3.56. The fourth-order valence-electron chi connectivity index (χ4n) is 8.55. The second-order valence-corrected chi connectivity index (χ2v) is 14.3. The van der Waals surface area contributed by atoms with Gasteiger partial charge < -0.3 is 38.5 Å². The number of aryl methyl sites for hydroxylation is 1. The van der Waals surface area contributed by atoms with Crippen molar-refractivity contribution in [1.82, 2.24) is 15.1 Å². The molecule has 5 aliphatic rings. The molecule has 2 aromatic carbocycles. The molecular weight excluding hydrogens is 668 g/mol. The highest BCUT2D eigenvalue weighted by Gasteiger charge is 2.61. The second-order valence-electron chi connectivity index (χ2n) is 13.2. The molecule has 0 aliphatic carbocycles. The zero-order chi connectivity index (χ0) is 35.6. The van der Waals surface area contributed by atoms with Crippen LogP contribution < -0.4 is 29.0 Å². The highest BCUT2D eigenvalue weighted by atomic mass is 32.2. The number of benzene rings is 2. The van der Waals surface area contributed by atoms with Crippen LogP contribution in [0.3, 0.4) is 0 Å². The van der Waals surface area contributed by atoms with Gasteiger partial charge in [-0.2, -0.15) is 5.26 Å². The molecule has 2 fully saturated rings. The summed E-state index contributed by atoms with van der Waals surface area (Å²) in [5.41, 5.74) is 4.78. The monoisotopic (exact) mass is 708 g/mol. The smallest absolute Gasteiger partial charge is 0.329 e. The van der Waals surface area contributed by atoms with E-state index in [2.05, 4.69) is 27.3 Å². The minimum atomic E-state index is -0.941. The van der Waals surface area contributed by atoms with Crippen LogP contribution in [0.15, 0.2) is 6.07 Å². The topological polar surface area (TPSA) is 158 Å². The highest BCUT2D eigenvalue weighted by molar-refractivity contribution is 7.99. The second kappa shape index (κ2) is 13.1. The van der Waals surface area contributed by atoms with E-state index in [9.17, 15) is 19.6 Å². The molecule has 7 atom stereocenters. The number of esters is 2. The number of cyclic esters (lactones) is 1. The molecule has 4 bridgehead atoms. The van der Waals surface area contributed by atoms with Gasteiger partial charge in [-0.3, -0.25) is 19.4 Å². The van der Waals surface area contributed by atoms with Crippen LogP contribution in [0.25, 0.3) is 0 Å². The summed E-state index contributed by atoms with van der Waals surface area (Å²) in [7, 11) is 5.18. The molecule has 1 unspecified atom stereocenters. The van der Waals surface area contributed by atoms with Crippen LogP contribution in [0.5, 0.6) is 28.7 Å². The van der Waals surface area contributed by atoms with Crippen LogP contribution in [-0.2, 0) is 30.3 Å². The van der Waals surface area contributed by atoms with Gasteiger partial charge in [0, 0.05) is 61.0 Å². The Bertz CT molecular complexity index is 1810. The van der Waals surface area contributed by atoms with Gasteiger partial charge in [-0.15, -0.1) is 11.8 Å². The molecule has 5 heterocycles. The lowest BCUT2D eigenvalue weighted by Gasteiger charge is -2.61. The van der Waals surface area contributed by atoms with E-state index in [-0.39, 0.29) is 43.9 Å². The number of carbonyl (C=O) groups excluding carboxylic acids is 3. The normalized spacial score (nSPS) is 28.0. The van der Waals surface area contributed by atoms with E-state index >= 15 is 0 Å². The van der Waals surface area contributed by atoms with Crippen molar-refractivity contribution < 1.29 is 47.5 Å². The third-order valence-electron chi connectivity index (χ3n) is 10.3. The summed E-state index contributed by atoms with van der Waals surface area (Å²) in [6, 6.07) is 1.32. The summed E-state index contributed by atoms with van der Waals surface area (Å²) in [4.78, 5) is 42.9. The number of ether oxygens (including phenoxy) is 7. The fraction of sp³-hybridized carbons (Fsp3) is 0.543. The number of piperazine rings is 1. The van der Waals surface area contributed by atoms with E-state index < -0.39 is 41.4 Å². The van der Waals surface area contributed by atoms with Crippen molar-refractivity contribution in [3.8, 4) is 34.8 Å². The van der Waals surface area contributed by atoms with E-state index in [0.29, 0.717) is 51.9 Å². The van der Waals surface area contributed by atoms with Crippen LogP contribution in [0.2, 0.25) is 0 Å². The first-order valence-electron chi connectivity index (χ1n) is 16.4. The SMILES string of the molecule is COCOc1c(OC)c(C)cc2c1[C@@H]1C3[C@@H]4SC[C@H](NC(C)=O)C(=O)OC[C@@H](c5c6c(c(C)c(OC(C)=O)c54)OCO6)N3[C@@H](C#N)[C@H](C2)N1C. The van der Waals surface area contributed by atoms with Crippen molar-refractivity contribution in [2.75, 3.05) is 47.2 Å². The first-order valence-corrected chi connectivity index (χ1v) is 17.5. The Hall–Kier alpha value is -4.23. The molecule has 2 aromatic rings. The molecule has 1 N–H and O–H groups in total. The van der Waals surface area contributed by atoms with Crippen molar-refractivity contribution in [3.63, 3.8) is 0 Å². The summed E-state index contributed by atoms with van der Waals surface area (Å²) in [6.45, 7) is 6.26. The molecule has 7 rings (SSSR count). The summed E-state index contributed by atoms with van der Waals surface area (Å²) >= 11 is 1.43. The van der Waals surface area contributed by atoms with Gasteiger partial charge in [-0.25, -0.2) is 4.79 Å². The Balaban J connectivity index is 1.54. The third-order valence-corrected chi connectivity index (χ3v) is 11.7. The van der Waals surface area contributed by atoms with E-state index in [1.165, 1.54) is 25.6 Å². The molecular formula is C35H40N4O10S. The number of rotatable bonds is 6. The molecule has 0 radical (unpaired) electrons. The number of fused-ring (bicyclic) bond motifs is 9. The predicted octanol–water partition coefficient (Wildman–Crippen LogP) is 3.01. The van der Waals surface area contributed by atoms with E-state index in [0.717, 1.165) is 16.7 Å². The number of nitrogens with zero attached hydrogens (tertiary/aromatic N) is 3. The van der Waals surface area contributed by atoms with Crippen LogP contribution in [0.4, 0.5) is 0 Å². The first-order chi connectivity index (χ1) is 24.0. The predicted molar refractivity (Wildman–Crippen MR) is 178 cm³/mol. The van der Waals surface area contributed by atoms with Crippen LogP contribution in [0.1, 0.15) is 64.6 Å². The molecule has 266 valence electrons. The van der Waals surface area contributed by atoms with Gasteiger partial charge in [0.15, 0.2) is 29.8 Å². The third kappa shape index (κ3) is 5.23. The van der Waals surface area contributed by atoms with Crippen molar-refractivity contribution >= 4 is 29.6 Å². The van der Waals surface area contributed by atoms with Gasteiger partial charge in [0.1, 0.15) is 24.4 Å². The molecule has 1 amide bonds. The van der Waals surface area contributed by atoms with Gasteiger partial charge >= 0.3 is 11.9 Å². The van der Waals surface area contributed by atoms with Crippen molar-refractivity contribution in [3.05, 3.63) is 39.4 Å². The molecule has 2 saturated heterocycles. The fourth-order valence-corrected chi connectivity index (χ4v) is 10.1. The standard InChI is InChI=1S/C35H40N4O10S/c1-15-8-19-9-21-22(10-36)39-23-11-45-35(42)20(37-17(3)40)12-50-34(26-25(23)33-31(47-14-48-33)16(2)30(26)49-18(4)41)28(39)27(38(21)5)24(19)32(29(15)44-7)46-13-43-6/h8,20-23,27-28,34H,9,11-14H2,1-7H3,(H,37,40)/t20-,21-,22-,23-,27+,28?,34+/m0/s1. The summed E-state index contributed by atoms with van der Waals surface area (Å²) in [5, 5.41) is 13.2. The number of amides is 1. The average molecular weight is 709 g/mol. The number of hydrogen-bond acceptors (Lipinski definition) is 14. The highest BCUT2D eigenvalue weighted by Crippen LogP contribution is 2.64. The van der Waals surface area contributed by atoms with Crippen LogP contribution >= 0.6 is 11.8 Å². The molecule has 14 nitrogen and oxygen atoms in total. The Morgan fingerprint density at radius 3 is 2.52 bits per heavy atom. The quantitative estimate of drug-likeness (QED) is 0.265.